The summed E-state index contributed by atoms with van der Waals surface area (Å²) in [5, 5.41) is 26.5. The van der Waals surface area contributed by atoms with Gasteiger partial charge >= 0.3 is 5.97 Å². The molecule has 0 bridgehead atoms. The molecular formula is C23H32N6O6. The number of aliphatic hydroxyl groups excluding tert-OH is 1. The summed E-state index contributed by atoms with van der Waals surface area (Å²) in [6.45, 7) is 2.55. The van der Waals surface area contributed by atoms with Crippen LogP contribution in [-0.4, -0.2) is 74.6 Å². The van der Waals surface area contributed by atoms with Crippen LogP contribution in [0.25, 0.3) is 0 Å². The molecule has 0 radical (unpaired) electrons. The van der Waals surface area contributed by atoms with E-state index in [-0.39, 0.29) is 12.8 Å². The molecule has 0 aliphatic carbocycles. The van der Waals surface area contributed by atoms with Crippen LogP contribution in [0, 0.1) is 5.92 Å². The maximum Gasteiger partial charge on any atom is 0.326 e. The minimum atomic E-state index is -1.37. The summed E-state index contributed by atoms with van der Waals surface area (Å²) in [5.74, 6) is -3.80. The molecular weight excluding hydrogens is 456 g/mol. The number of nitrogens with zero attached hydrogens (tertiary/aromatic N) is 1. The number of hydrogen-bond acceptors (Lipinski definition) is 7. The molecule has 1 aromatic heterocycles. The van der Waals surface area contributed by atoms with E-state index in [4.69, 9.17) is 5.73 Å². The molecule has 190 valence electrons. The Bertz CT molecular complexity index is 982. The number of benzene rings is 1. The smallest absolute Gasteiger partial charge is 0.326 e. The van der Waals surface area contributed by atoms with Gasteiger partial charge in [-0.05, 0) is 11.5 Å². The molecule has 0 spiro atoms. The fourth-order valence-electron chi connectivity index (χ4n) is 3.30. The SMILES string of the molecule is CC(C)C(NC(=O)C(Cc1ccccc1)NC(=O)C(CO)NC(=O)C(N)Cc1cnc[nH]1)C(=O)O. The predicted molar refractivity (Wildman–Crippen MR) is 126 cm³/mol. The normalized spacial score (nSPS) is 14.4. The predicted octanol–water partition coefficient (Wildman–Crippen LogP) is -1.29. The Morgan fingerprint density at radius 2 is 1.60 bits per heavy atom. The number of rotatable bonds is 13. The van der Waals surface area contributed by atoms with Crippen LogP contribution >= 0.6 is 0 Å². The van der Waals surface area contributed by atoms with E-state index in [1.807, 2.05) is 0 Å². The molecule has 2 rings (SSSR count). The van der Waals surface area contributed by atoms with Crippen LogP contribution in [-0.2, 0) is 32.0 Å². The van der Waals surface area contributed by atoms with Crippen LogP contribution in [0.1, 0.15) is 25.1 Å². The summed E-state index contributed by atoms with van der Waals surface area (Å²) in [6.07, 6.45) is 3.15. The lowest BCUT2D eigenvalue weighted by Crippen LogP contribution is -2.59. The van der Waals surface area contributed by atoms with Crippen LogP contribution in [0.15, 0.2) is 42.9 Å². The maximum absolute atomic E-state index is 13.0. The Hall–Kier alpha value is -3.77. The highest BCUT2D eigenvalue weighted by molar-refractivity contribution is 5.94. The zero-order valence-corrected chi connectivity index (χ0v) is 19.6. The highest BCUT2D eigenvalue weighted by Gasteiger charge is 2.31. The van der Waals surface area contributed by atoms with E-state index >= 15 is 0 Å². The molecule has 0 saturated heterocycles. The Balaban J connectivity index is 2.11. The fraction of sp³-hybridized carbons (Fsp3) is 0.435. The third-order valence-electron chi connectivity index (χ3n) is 5.29. The van der Waals surface area contributed by atoms with Crippen molar-refractivity contribution in [1.29, 1.82) is 0 Å². The van der Waals surface area contributed by atoms with Gasteiger partial charge in [0.1, 0.15) is 18.1 Å². The second-order valence-electron chi connectivity index (χ2n) is 8.45. The van der Waals surface area contributed by atoms with E-state index in [9.17, 15) is 29.4 Å². The van der Waals surface area contributed by atoms with Crippen molar-refractivity contribution in [3.05, 3.63) is 54.1 Å². The number of H-pyrrole nitrogens is 1. The van der Waals surface area contributed by atoms with Gasteiger partial charge in [-0.3, -0.25) is 14.4 Å². The number of amides is 3. The monoisotopic (exact) mass is 488 g/mol. The summed E-state index contributed by atoms with van der Waals surface area (Å²) in [4.78, 5) is 56.5. The number of aliphatic hydroxyl groups is 1. The average Bonchev–Trinajstić information content (AvgIpc) is 3.33. The standard InChI is InChI=1S/C23H32N6O6/c1-13(2)19(23(34)35)29-21(32)17(8-14-6-4-3-5-7-14)27-22(33)18(11-30)28-20(31)16(24)9-15-10-25-12-26-15/h3-7,10,12-13,16-19,30H,8-9,11,24H2,1-2H3,(H,25,26)(H,27,33)(H,28,31)(H,29,32)(H,34,35). The lowest BCUT2D eigenvalue weighted by Gasteiger charge is -2.25. The Labute approximate surface area is 202 Å². The quantitative estimate of drug-likeness (QED) is 0.180. The number of aromatic amines is 1. The van der Waals surface area contributed by atoms with E-state index in [0.717, 1.165) is 5.56 Å². The molecule has 3 amide bonds. The number of nitrogens with two attached hydrogens (primary N) is 1. The fourth-order valence-corrected chi connectivity index (χ4v) is 3.30. The molecule has 35 heavy (non-hydrogen) atoms. The molecule has 4 unspecified atom stereocenters. The summed E-state index contributed by atoms with van der Waals surface area (Å²) in [6, 6.07) is 4.12. The zero-order chi connectivity index (χ0) is 26.0. The first kappa shape index (κ1) is 27.5. The molecule has 1 aromatic carbocycles. The van der Waals surface area contributed by atoms with Gasteiger partial charge in [-0.15, -0.1) is 0 Å². The summed E-state index contributed by atoms with van der Waals surface area (Å²) in [7, 11) is 0. The topological polar surface area (TPSA) is 200 Å². The van der Waals surface area contributed by atoms with Crippen LogP contribution in [0.4, 0.5) is 0 Å². The zero-order valence-electron chi connectivity index (χ0n) is 19.6. The van der Waals surface area contributed by atoms with E-state index < -0.39 is 60.4 Å². The summed E-state index contributed by atoms with van der Waals surface area (Å²) in [5.41, 5.74) is 7.22. The number of aromatic nitrogens is 2. The van der Waals surface area contributed by atoms with Crippen LogP contribution < -0.4 is 21.7 Å². The van der Waals surface area contributed by atoms with Crippen molar-refractivity contribution < 1.29 is 29.4 Å². The highest BCUT2D eigenvalue weighted by atomic mass is 16.4. The highest BCUT2D eigenvalue weighted by Crippen LogP contribution is 2.07. The second-order valence-corrected chi connectivity index (χ2v) is 8.45. The molecule has 12 nitrogen and oxygen atoms in total. The first-order valence-electron chi connectivity index (χ1n) is 11.1. The summed E-state index contributed by atoms with van der Waals surface area (Å²) < 4.78 is 0. The van der Waals surface area contributed by atoms with Gasteiger partial charge in [0.25, 0.3) is 0 Å². The molecule has 4 atom stereocenters. The van der Waals surface area contributed by atoms with Gasteiger partial charge in [-0.1, -0.05) is 44.2 Å². The van der Waals surface area contributed by atoms with Gasteiger partial charge < -0.3 is 36.9 Å². The Kier molecular flexibility index (Phi) is 10.4. The number of aliphatic carboxylic acids is 1. The van der Waals surface area contributed by atoms with Gasteiger partial charge in [0.2, 0.25) is 17.7 Å². The lowest BCUT2D eigenvalue weighted by atomic mass is 10.0. The third-order valence-corrected chi connectivity index (χ3v) is 5.29. The van der Waals surface area contributed by atoms with Crippen LogP contribution in [0.2, 0.25) is 0 Å². The van der Waals surface area contributed by atoms with Gasteiger partial charge in [-0.2, -0.15) is 0 Å². The van der Waals surface area contributed by atoms with Crippen molar-refractivity contribution in [3.63, 3.8) is 0 Å². The van der Waals surface area contributed by atoms with Gasteiger partial charge in [0, 0.05) is 24.7 Å². The van der Waals surface area contributed by atoms with E-state index in [2.05, 4.69) is 25.9 Å². The molecule has 8 N–H and O–H groups in total. The number of carbonyl (C=O) groups excluding carboxylic acids is 3. The number of hydrogen-bond donors (Lipinski definition) is 7. The average molecular weight is 489 g/mol. The number of nitrogens with one attached hydrogen (secondary N) is 4. The molecule has 0 aliphatic rings. The van der Waals surface area contributed by atoms with E-state index in [1.165, 1.54) is 12.5 Å². The first-order valence-corrected chi connectivity index (χ1v) is 11.1. The first-order chi connectivity index (χ1) is 16.6. The van der Waals surface area contributed by atoms with Gasteiger partial charge in [0.05, 0.1) is 19.0 Å². The van der Waals surface area contributed by atoms with Crippen LogP contribution in [0.5, 0.6) is 0 Å². The Morgan fingerprint density at radius 1 is 0.971 bits per heavy atom. The van der Waals surface area contributed by atoms with E-state index in [0.29, 0.717) is 5.69 Å². The molecule has 2 aromatic rings. The Morgan fingerprint density at radius 3 is 2.14 bits per heavy atom. The molecule has 0 fully saturated rings. The lowest BCUT2D eigenvalue weighted by molar-refractivity contribution is -0.143. The minimum absolute atomic E-state index is 0.0638. The van der Waals surface area contributed by atoms with Crippen LogP contribution in [0.3, 0.4) is 0 Å². The number of imidazole rings is 1. The molecule has 0 aliphatic heterocycles. The summed E-state index contributed by atoms with van der Waals surface area (Å²) >= 11 is 0. The maximum atomic E-state index is 13.0. The van der Waals surface area contributed by atoms with Crippen molar-refractivity contribution in [3.8, 4) is 0 Å². The van der Waals surface area contributed by atoms with Crippen molar-refractivity contribution in [2.24, 2.45) is 11.7 Å². The number of carbonyl (C=O) groups is 4. The molecule has 12 heteroatoms. The van der Waals surface area contributed by atoms with Gasteiger partial charge in [0.15, 0.2) is 0 Å². The second kappa shape index (κ2) is 13.2. The van der Waals surface area contributed by atoms with Crippen molar-refractivity contribution >= 4 is 23.7 Å². The van der Waals surface area contributed by atoms with E-state index in [1.54, 1.807) is 44.2 Å². The van der Waals surface area contributed by atoms with Crippen molar-refractivity contribution in [1.82, 2.24) is 25.9 Å². The van der Waals surface area contributed by atoms with Gasteiger partial charge in [-0.25, -0.2) is 9.78 Å². The molecule has 1 heterocycles. The van der Waals surface area contributed by atoms with Crippen molar-refractivity contribution in [2.75, 3.05) is 6.61 Å². The molecule has 0 saturated carbocycles. The number of carboxylic acid groups (broad SMARTS) is 1. The number of carboxylic acids is 1. The largest absolute Gasteiger partial charge is 0.480 e. The third kappa shape index (κ3) is 8.50. The minimum Gasteiger partial charge on any atom is -0.480 e. The van der Waals surface area contributed by atoms with Crippen molar-refractivity contribution in [2.45, 2.75) is 50.9 Å².